The first kappa shape index (κ1) is 13.1. The van der Waals surface area contributed by atoms with Crippen molar-refractivity contribution < 1.29 is 9.53 Å². The van der Waals surface area contributed by atoms with Gasteiger partial charge in [-0.25, -0.2) is 0 Å². The zero-order valence-corrected chi connectivity index (χ0v) is 12.6. The third-order valence-electron chi connectivity index (χ3n) is 3.40. The largest absolute Gasteiger partial charge is 0.488 e. The topological polar surface area (TPSA) is 26.3 Å². The Kier molecular flexibility index (Phi) is 3.22. The first-order chi connectivity index (χ1) is 9.54. The van der Waals surface area contributed by atoms with Crippen LogP contribution >= 0.6 is 11.3 Å². The van der Waals surface area contributed by atoms with Crippen LogP contribution in [0, 0.1) is 20.8 Å². The Balaban J connectivity index is 2.03. The molecule has 0 saturated carbocycles. The number of fused-ring (bicyclic) bond motifs is 1. The molecule has 2 nitrogen and oxygen atoms in total. The number of thiophene rings is 1. The van der Waals surface area contributed by atoms with Crippen molar-refractivity contribution in [2.24, 2.45) is 0 Å². The third kappa shape index (κ3) is 2.29. The molecule has 0 N–H and O–H groups in total. The van der Waals surface area contributed by atoms with Crippen molar-refractivity contribution in [1.82, 2.24) is 0 Å². The van der Waals surface area contributed by atoms with E-state index in [1.165, 1.54) is 4.88 Å². The number of carbonyl (C=O) groups excluding carboxylic acids is 1. The fourth-order valence-electron chi connectivity index (χ4n) is 2.51. The maximum Gasteiger partial charge on any atom is 0.196 e. The predicted octanol–water partition coefficient (Wildman–Crippen LogP) is 4.33. The maximum atomic E-state index is 12.6. The number of carbonyl (C=O) groups is 1. The van der Waals surface area contributed by atoms with E-state index in [-0.39, 0.29) is 5.78 Å². The third-order valence-corrected chi connectivity index (χ3v) is 4.35. The minimum atomic E-state index is 0.0871. The number of ether oxygens (including phenoxy) is 1. The van der Waals surface area contributed by atoms with E-state index in [0.717, 1.165) is 27.3 Å². The van der Waals surface area contributed by atoms with Gasteiger partial charge in [-0.15, -0.1) is 11.3 Å². The van der Waals surface area contributed by atoms with Crippen LogP contribution in [0.5, 0.6) is 5.75 Å². The summed E-state index contributed by atoms with van der Waals surface area (Å²) in [6.45, 7) is 6.40. The summed E-state index contributed by atoms with van der Waals surface area (Å²) in [7, 11) is 0. The molecule has 0 atom stereocenters. The minimum Gasteiger partial charge on any atom is -0.488 e. The SMILES string of the molecule is Cc1cc(C)c2c(c1)C(=O)C(=Cc1ccc(C)s1)CO2. The van der Waals surface area contributed by atoms with Crippen LogP contribution in [0.15, 0.2) is 29.8 Å². The van der Waals surface area contributed by atoms with Crippen LogP contribution < -0.4 is 4.74 Å². The molecule has 3 rings (SSSR count). The summed E-state index contributed by atoms with van der Waals surface area (Å²) in [6, 6.07) is 8.06. The zero-order valence-electron chi connectivity index (χ0n) is 11.8. The molecule has 3 heteroatoms. The number of benzene rings is 1. The molecule has 20 heavy (non-hydrogen) atoms. The molecule has 1 aromatic carbocycles. The lowest BCUT2D eigenvalue weighted by atomic mass is 9.95. The predicted molar refractivity (Wildman–Crippen MR) is 82.8 cm³/mol. The second-order valence-electron chi connectivity index (χ2n) is 5.19. The number of hydrogen-bond donors (Lipinski definition) is 0. The molecule has 0 unspecified atom stereocenters. The lowest BCUT2D eigenvalue weighted by Crippen LogP contribution is -2.20. The highest BCUT2D eigenvalue weighted by molar-refractivity contribution is 7.12. The maximum absolute atomic E-state index is 12.6. The molecule has 0 amide bonds. The van der Waals surface area contributed by atoms with Gasteiger partial charge in [0.05, 0.1) is 5.56 Å². The van der Waals surface area contributed by atoms with Gasteiger partial charge in [-0.2, -0.15) is 0 Å². The standard InChI is InChI=1S/C17H16O2S/c1-10-6-11(2)17-15(7-10)16(18)13(9-19-17)8-14-5-4-12(3)20-14/h4-8H,9H2,1-3H3. The highest BCUT2D eigenvalue weighted by Gasteiger charge is 2.25. The Morgan fingerprint density at radius 1 is 1.20 bits per heavy atom. The van der Waals surface area contributed by atoms with Gasteiger partial charge in [-0.3, -0.25) is 4.79 Å². The summed E-state index contributed by atoms with van der Waals surface area (Å²) < 4.78 is 5.79. The van der Waals surface area contributed by atoms with Gasteiger partial charge in [0, 0.05) is 15.3 Å². The van der Waals surface area contributed by atoms with Crippen LogP contribution in [-0.2, 0) is 0 Å². The highest BCUT2D eigenvalue weighted by atomic mass is 32.1. The van der Waals surface area contributed by atoms with Crippen molar-refractivity contribution in [2.45, 2.75) is 20.8 Å². The number of hydrogen-bond acceptors (Lipinski definition) is 3. The lowest BCUT2D eigenvalue weighted by Gasteiger charge is -2.21. The molecule has 102 valence electrons. The molecule has 1 aliphatic rings. The average molecular weight is 284 g/mol. The summed E-state index contributed by atoms with van der Waals surface area (Å²) in [5.41, 5.74) is 3.53. The molecular weight excluding hydrogens is 268 g/mol. The van der Waals surface area contributed by atoms with Gasteiger partial charge in [-0.05, 0) is 56.2 Å². The summed E-state index contributed by atoms with van der Waals surface area (Å²) in [6.07, 6.45) is 1.95. The van der Waals surface area contributed by atoms with E-state index in [9.17, 15) is 4.79 Å². The molecule has 0 aliphatic carbocycles. The van der Waals surface area contributed by atoms with E-state index in [2.05, 4.69) is 13.0 Å². The highest BCUT2D eigenvalue weighted by Crippen LogP contribution is 2.32. The molecule has 2 aromatic rings. The van der Waals surface area contributed by atoms with Crippen molar-refractivity contribution in [3.05, 3.63) is 56.3 Å². The van der Waals surface area contributed by atoms with E-state index >= 15 is 0 Å². The molecule has 0 bridgehead atoms. The average Bonchev–Trinajstić information content (AvgIpc) is 2.79. The van der Waals surface area contributed by atoms with E-state index < -0.39 is 0 Å². The van der Waals surface area contributed by atoms with Gasteiger partial charge in [0.25, 0.3) is 0 Å². The number of aryl methyl sites for hydroxylation is 3. The van der Waals surface area contributed by atoms with Gasteiger partial charge in [0.15, 0.2) is 5.78 Å². The monoisotopic (exact) mass is 284 g/mol. The van der Waals surface area contributed by atoms with Crippen molar-refractivity contribution in [2.75, 3.05) is 6.61 Å². The molecule has 0 saturated heterocycles. The van der Waals surface area contributed by atoms with Crippen molar-refractivity contribution in [1.29, 1.82) is 0 Å². The summed E-state index contributed by atoms with van der Waals surface area (Å²) in [4.78, 5) is 14.9. The Morgan fingerprint density at radius 2 is 2.00 bits per heavy atom. The van der Waals surface area contributed by atoms with Gasteiger partial charge in [0.1, 0.15) is 12.4 Å². The smallest absolute Gasteiger partial charge is 0.196 e. The Bertz CT molecular complexity index is 723. The number of Topliss-reactive ketones (excluding diaryl/α,β-unsaturated/α-hetero) is 1. The molecule has 2 heterocycles. The molecular formula is C17H16O2S. The van der Waals surface area contributed by atoms with Crippen LogP contribution in [0.1, 0.15) is 31.2 Å². The van der Waals surface area contributed by atoms with Gasteiger partial charge < -0.3 is 4.74 Å². The van der Waals surface area contributed by atoms with E-state index in [1.54, 1.807) is 11.3 Å². The van der Waals surface area contributed by atoms with Gasteiger partial charge >= 0.3 is 0 Å². The van der Waals surface area contributed by atoms with Gasteiger partial charge in [-0.1, -0.05) is 6.07 Å². The Labute approximate surface area is 122 Å². The van der Waals surface area contributed by atoms with E-state index in [4.69, 9.17) is 4.74 Å². The van der Waals surface area contributed by atoms with Crippen LogP contribution in [-0.4, -0.2) is 12.4 Å². The second kappa shape index (κ2) is 4.91. The lowest BCUT2D eigenvalue weighted by molar-refractivity contribution is 0.100. The normalized spacial score (nSPS) is 16.1. The zero-order chi connectivity index (χ0) is 14.3. The van der Waals surface area contributed by atoms with Crippen molar-refractivity contribution >= 4 is 23.2 Å². The van der Waals surface area contributed by atoms with E-state index in [0.29, 0.717) is 12.2 Å². The number of rotatable bonds is 1. The molecule has 0 fully saturated rings. The fraction of sp³-hybridized carbons (Fsp3) is 0.235. The van der Waals surface area contributed by atoms with Crippen LogP contribution in [0.25, 0.3) is 6.08 Å². The van der Waals surface area contributed by atoms with Crippen LogP contribution in [0.4, 0.5) is 0 Å². The summed E-state index contributed by atoms with van der Waals surface area (Å²) in [5.74, 6) is 0.823. The summed E-state index contributed by atoms with van der Waals surface area (Å²) in [5, 5.41) is 0. The second-order valence-corrected chi connectivity index (χ2v) is 6.51. The van der Waals surface area contributed by atoms with Crippen molar-refractivity contribution in [3.8, 4) is 5.75 Å². The first-order valence-corrected chi connectivity index (χ1v) is 7.42. The Morgan fingerprint density at radius 3 is 2.70 bits per heavy atom. The molecule has 1 aromatic heterocycles. The molecule has 1 aliphatic heterocycles. The quantitative estimate of drug-likeness (QED) is 0.728. The van der Waals surface area contributed by atoms with E-state index in [1.807, 2.05) is 38.1 Å². The first-order valence-electron chi connectivity index (χ1n) is 6.60. The fourth-order valence-corrected chi connectivity index (χ4v) is 3.36. The number of ketones is 1. The minimum absolute atomic E-state index is 0.0871. The van der Waals surface area contributed by atoms with Crippen molar-refractivity contribution in [3.63, 3.8) is 0 Å². The van der Waals surface area contributed by atoms with Crippen LogP contribution in [0.2, 0.25) is 0 Å². The van der Waals surface area contributed by atoms with Gasteiger partial charge in [0.2, 0.25) is 0 Å². The Hall–Kier alpha value is -1.87. The molecule has 0 radical (unpaired) electrons. The van der Waals surface area contributed by atoms with Crippen LogP contribution in [0.3, 0.4) is 0 Å². The summed E-state index contributed by atoms with van der Waals surface area (Å²) >= 11 is 1.69. The molecule has 0 spiro atoms.